The minimum atomic E-state index is -0.230. The van der Waals surface area contributed by atoms with Crippen LogP contribution in [0.2, 0.25) is 0 Å². The number of halogens is 1. The Labute approximate surface area is 174 Å². The molecular formula is C22H25FN4OS. The Hall–Kier alpha value is -2.67. The van der Waals surface area contributed by atoms with E-state index in [2.05, 4.69) is 21.3 Å². The third kappa shape index (κ3) is 4.85. The van der Waals surface area contributed by atoms with Crippen LogP contribution in [0.3, 0.4) is 0 Å². The summed E-state index contributed by atoms with van der Waals surface area (Å²) in [7, 11) is 0. The number of hydrogen-bond donors (Lipinski definition) is 0. The maximum atomic E-state index is 13.1. The minimum Gasteiger partial charge on any atom is -0.348 e. The summed E-state index contributed by atoms with van der Waals surface area (Å²) in [6.45, 7) is 11.0. The molecule has 2 heterocycles. The molecule has 0 aliphatic rings. The molecule has 0 bridgehead atoms. The molecule has 0 spiro atoms. The maximum Gasteiger partial charge on any atom is 0.191 e. The van der Waals surface area contributed by atoms with Gasteiger partial charge < -0.3 is 9.13 Å². The number of rotatable bonds is 9. The second kappa shape index (κ2) is 9.22. The second-order valence-electron chi connectivity index (χ2n) is 6.95. The molecule has 3 aromatic rings. The molecule has 0 N–H and O–H groups in total. The summed E-state index contributed by atoms with van der Waals surface area (Å²) in [5.74, 6) is 0.949. The van der Waals surface area contributed by atoms with Crippen molar-refractivity contribution >= 4 is 17.5 Å². The first kappa shape index (κ1) is 21.0. The number of carbonyl (C=O) groups excluding carboxylic acids is 1. The third-order valence-electron chi connectivity index (χ3n) is 4.96. The van der Waals surface area contributed by atoms with E-state index in [0.29, 0.717) is 12.3 Å². The second-order valence-corrected chi connectivity index (χ2v) is 7.90. The number of hydrogen-bond acceptors (Lipinski definition) is 4. The van der Waals surface area contributed by atoms with Crippen LogP contribution in [0.5, 0.6) is 0 Å². The molecule has 29 heavy (non-hydrogen) atoms. The largest absolute Gasteiger partial charge is 0.348 e. The summed E-state index contributed by atoms with van der Waals surface area (Å²) in [6.07, 6.45) is 2.57. The van der Waals surface area contributed by atoms with Gasteiger partial charge in [-0.05, 0) is 51.0 Å². The Balaban J connectivity index is 1.68. The molecule has 3 rings (SSSR count). The third-order valence-corrected chi connectivity index (χ3v) is 5.92. The average molecular weight is 413 g/mol. The fourth-order valence-electron chi connectivity index (χ4n) is 3.33. The van der Waals surface area contributed by atoms with E-state index in [9.17, 15) is 9.18 Å². The van der Waals surface area contributed by atoms with Crippen molar-refractivity contribution in [3.63, 3.8) is 0 Å². The molecule has 0 atom stereocenters. The van der Waals surface area contributed by atoms with Crippen LogP contribution in [0.15, 0.2) is 48.1 Å². The van der Waals surface area contributed by atoms with Gasteiger partial charge in [-0.25, -0.2) is 4.39 Å². The first-order valence-corrected chi connectivity index (χ1v) is 10.5. The number of thioether (sulfide) groups is 1. The van der Waals surface area contributed by atoms with E-state index in [1.807, 2.05) is 31.4 Å². The SMILES string of the molecule is C=CCn1c(C)nnc1SCC(=O)c1cc(C)n(CCc2ccc(F)cc2)c1C. The molecule has 0 saturated heterocycles. The first-order chi connectivity index (χ1) is 13.9. The fourth-order valence-corrected chi connectivity index (χ4v) is 4.21. The van der Waals surface area contributed by atoms with Crippen molar-refractivity contribution in [1.29, 1.82) is 0 Å². The van der Waals surface area contributed by atoms with Gasteiger partial charge in [-0.3, -0.25) is 4.79 Å². The highest BCUT2D eigenvalue weighted by Crippen LogP contribution is 2.22. The van der Waals surface area contributed by atoms with Gasteiger partial charge in [-0.2, -0.15) is 0 Å². The fraction of sp³-hybridized carbons (Fsp3) is 0.318. The Morgan fingerprint density at radius 1 is 1.17 bits per heavy atom. The lowest BCUT2D eigenvalue weighted by Gasteiger charge is -2.10. The zero-order valence-electron chi connectivity index (χ0n) is 17.0. The maximum absolute atomic E-state index is 13.1. The number of aromatic nitrogens is 4. The smallest absolute Gasteiger partial charge is 0.191 e. The quantitative estimate of drug-likeness (QED) is 0.294. The van der Waals surface area contributed by atoms with Crippen molar-refractivity contribution in [3.8, 4) is 0 Å². The van der Waals surface area contributed by atoms with Crippen LogP contribution in [0.1, 0.15) is 33.1 Å². The summed E-state index contributed by atoms with van der Waals surface area (Å²) in [4.78, 5) is 12.8. The van der Waals surface area contributed by atoms with Crippen molar-refractivity contribution in [3.05, 3.63) is 77.1 Å². The first-order valence-electron chi connectivity index (χ1n) is 9.48. The number of allylic oxidation sites excluding steroid dienone is 1. The number of benzene rings is 1. The van der Waals surface area contributed by atoms with Gasteiger partial charge in [0, 0.05) is 30.0 Å². The van der Waals surface area contributed by atoms with Crippen LogP contribution in [0, 0.1) is 26.6 Å². The van der Waals surface area contributed by atoms with Crippen LogP contribution < -0.4 is 0 Å². The molecule has 0 saturated carbocycles. The van der Waals surface area contributed by atoms with E-state index in [0.717, 1.165) is 46.5 Å². The van der Waals surface area contributed by atoms with Crippen molar-refractivity contribution in [2.24, 2.45) is 0 Å². The normalized spacial score (nSPS) is 11.0. The van der Waals surface area contributed by atoms with Gasteiger partial charge >= 0.3 is 0 Å². The summed E-state index contributed by atoms with van der Waals surface area (Å²) in [5.41, 5.74) is 3.81. The predicted molar refractivity (Wildman–Crippen MR) is 114 cm³/mol. The molecule has 152 valence electrons. The van der Waals surface area contributed by atoms with Crippen molar-refractivity contribution in [2.75, 3.05) is 5.75 Å². The lowest BCUT2D eigenvalue weighted by Crippen LogP contribution is -2.09. The van der Waals surface area contributed by atoms with Gasteiger partial charge in [0.2, 0.25) is 0 Å². The number of ketones is 1. The summed E-state index contributed by atoms with van der Waals surface area (Å²) in [6, 6.07) is 8.50. The zero-order valence-corrected chi connectivity index (χ0v) is 17.8. The molecule has 0 aliphatic carbocycles. The van der Waals surface area contributed by atoms with E-state index in [1.54, 1.807) is 18.2 Å². The zero-order chi connectivity index (χ0) is 21.0. The van der Waals surface area contributed by atoms with E-state index in [-0.39, 0.29) is 11.6 Å². The number of carbonyl (C=O) groups is 1. The number of Topliss-reactive ketones (excluding diaryl/α,β-unsaturated/α-hetero) is 1. The van der Waals surface area contributed by atoms with Gasteiger partial charge in [0.05, 0.1) is 5.75 Å². The van der Waals surface area contributed by atoms with Crippen LogP contribution in [0.4, 0.5) is 4.39 Å². The Morgan fingerprint density at radius 2 is 1.90 bits per heavy atom. The Kier molecular flexibility index (Phi) is 6.69. The highest BCUT2D eigenvalue weighted by atomic mass is 32.2. The monoisotopic (exact) mass is 412 g/mol. The minimum absolute atomic E-state index is 0.0712. The molecule has 0 amide bonds. The van der Waals surface area contributed by atoms with Crippen molar-refractivity contribution in [2.45, 2.75) is 45.4 Å². The Morgan fingerprint density at radius 3 is 2.59 bits per heavy atom. The molecule has 0 radical (unpaired) electrons. The van der Waals surface area contributed by atoms with Crippen LogP contribution in [-0.2, 0) is 19.5 Å². The van der Waals surface area contributed by atoms with Gasteiger partial charge in [0.25, 0.3) is 0 Å². The van der Waals surface area contributed by atoms with Gasteiger partial charge in [-0.15, -0.1) is 16.8 Å². The standard InChI is InChI=1S/C22H25FN4OS/c1-5-11-27-17(4)24-25-22(27)29-14-21(28)20-13-15(2)26(16(20)3)12-10-18-6-8-19(23)9-7-18/h5-9,13H,1,10-12,14H2,2-4H3. The van der Waals surface area contributed by atoms with E-state index in [4.69, 9.17) is 0 Å². The average Bonchev–Trinajstić information content (AvgIpc) is 3.19. The molecule has 1 aromatic carbocycles. The summed E-state index contributed by atoms with van der Waals surface area (Å²) < 4.78 is 17.2. The van der Waals surface area contributed by atoms with Gasteiger partial charge in [0.15, 0.2) is 10.9 Å². The highest BCUT2D eigenvalue weighted by Gasteiger charge is 2.17. The Bertz CT molecular complexity index is 1020. The predicted octanol–water partition coefficient (Wildman–Crippen LogP) is 4.55. The summed E-state index contributed by atoms with van der Waals surface area (Å²) >= 11 is 1.39. The van der Waals surface area contributed by atoms with Crippen LogP contribution >= 0.6 is 11.8 Å². The van der Waals surface area contributed by atoms with E-state index >= 15 is 0 Å². The summed E-state index contributed by atoms with van der Waals surface area (Å²) in [5, 5.41) is 8.97. The number of nitrogens with zero attached hydrogens (tertiary/aromatic N) is 4. The molecule has 0 unspecified atom stereocenters. The molecule has 0 aliphatic heterocycles. The topological polar surface area (TPSA) is 52.7 Å². The molecule has 7 heteroatoms. The highest BCUT2D eigenvalue weighted by molar-refractivity contribution is 7.99. The van der Waals surface area contributed by atoms with Crippen LogP contribution in [-0.4, -0.2) is 30.9 Å². The molecule has 2 aromatic heterocycles. The molecule has 5 nitrogen and oxygen atoms in total. The molecule has 0 fully saturated rings. The van der Waals surface area contributed by atoms with Gasteiger partial charge in [-0.1, -0.05) is 30.0 Å². The van der Waals surface area contributed by atoms with Crippen molar-refractivity contribution in [1.82, 2.24) is 19.3 Å². The van der Waals surface area contributed by atoms with E-state index < -0.39 is 0 Å². The van der Waals surface area contributed by atoms with Crippen LogP contribution in [0.25, 0.3) is 0 Å². The van der Waals surface area contributed by atoms with E-state index in [1.165, 1.54) is 23.9 Å². The lowest BCUT2D eigenvalue weighted by atomic mass is 10.1. The van der Waals surface area contributed by atoms with Crippen molar-refractivity contribution < 1.29 is 9.18 Å². The van der Waals surface area contributed by atoms with Gasteiger partial charge in [0.1, 0.15) is 11.6 Å². The lowest BCUT2D eigenvalue weighted by molar-refractivity contribution is 0.102. The number of aryl methyl sites for hydroxylation is 3. The molecular weight excluding hydrogens is 387 g/mol.